The number of hydrogen-bond acceptors (Lipinski definition) is 3. The van der Waals surface area contributed by atoms with E-state index in [0.717, 1.165) is 17.0 Å². The summed E-state index contributed by atoms with van der Waals surface area (Å²) in [5, 5.41) is 13.4. The minimum absolute atomic E-state index is 0.0849. The molecule has 2 rings (SSSR count). The molecule has 86 valence electrons. The van der Waals surface area contributed by atoms with Gasteiger partial charge in [0.15, 0.2) is 0 Å². The van der Waals surface area contributed by atoms with Crippen LogP contribution in [-0.4, -0.2) is 26.5 Å². The SMILES string of the molecule is C#CCn1cc(CCO)c(-c2ccccn2)n1. The maximum Gasteiger partial charge on any atom is 0.114 e. The topological polar surface area (TPSA) is 50.9 Å². The van der Waals surface area contributed by atoms with Crippen LogP contribution in [0.5, 0.6) is 0 Å². The summed E-state index contributed by atoms with van der Waals surface area (Å²) in [7, 11) is 0. The molecule has 0 aliphatic heterocycles. The first-order chi connectivity index (χ1) is 8.35. The maximum atomic E-state index is 9.03. The molecule has 0 spiro atoms. The summed E-state index contributed by atoms with van der Waals surface area (Å²) in [6.45, 7) is 0.507. The van der Waals surface area contributed by atoms with Gasteiger partial charge in [0.2, 0.25) is 0 Å². The second-order valence-electron chi connectivity index (χ2n) is 3.59. The van der Waals surface area contributed by atoms with E-state index in [1.165, 1.54) is 0 Å². The van der Waals surface area contributed by atoms with Crippen molar-refractivity contribution in [2.75, 3.05) is 6.61 Å². The molecule has 4 nitrogen and oxygen atoms in total. The van der Waals surface area contributed by atoms with E-state index in [9.17, 15) is 0 Å². The molecule has 0 aliphatic carbocycles. The number of aliphatic hydroxyl groups excluding tert-OH is 1. The van der Waals surface area contributed by atoms with Crippen LogP contribution in [0.2, 0.25) is 0 Å². The van der Waals surface area contributed by atoms with E-state index in [1.807, 2.05) is 24.4 Å². The van der Waals surface area contributed by atoms with Gasteiger partial charge in [-0.3, -0.25) is 9.67 Å². The predicted molar refractivity (Wildman–Crippen MR) is 65.1 cm³/mol. The second kappa shape index (κ2) is 5.28. The number of rotatable bonds is 4. The molecule has 2 heterocycles. The van der Waals surface area contributed by atoms with Gasteiger partial charge >= 0.3 is 0 Å². The monoisotopic (exact) mass is 227 g/mol. The van der Waals surface area contributed by atoms with Crippen molar-refractivity contribution >= 4 is 0 Å². The Morgan fingerprint density at radius 2 is 2.29 bits per heavy atom. The largest absolute Gasteiger partial charge is 0.396 e. The first-order valence-electron chi connectivity index (χ1n) is 5.37. The van der Waals surface area contributed by atoms with Crippen LogP contribution >= 0.6 is 0 Å². The number of hydrogen-bond donors (Lipinski definition) is 1. The van der Waals surface area contributed by atoms with Crippen LogP contribution in [0.1, 0.15) is 5.56 Å². The highest BCUT2D eigenvalue weighted by Gasteiger charge is 2.11. The van der Waals surface area contributed by atoms with Crippen LogP contribution in [0, 0.1) is 12.3 Å². The van der Waals surface area contributed by atoms with E-state index in [-0.39, 0.29) is 6.61 Å². The van der Waals surface area contributed by atoms with Gasteiger partial charge in [-0.2, -0.15) is 5.10 Å². The standard InChI is InChI=1S/C13H13N3O/c1-2-8-16-10-11(6-9-17)13(15-16)12-5-3-4-7-14-12/h1,3-5,7,10,17H,6,8-9H2. The van der Waals surface area contributed by atoms with Crippen LogP contribution in [0.15, 0.2) is 30.6 Å². The van der Waals surface area contributed by atoms with Gasteiger partial charge in [-0.15, -0.1) is 6.42 Å². The molecule has 1 N–H and O–H groups in total. The first-order valence-corrected chi connectivity index (χ1v) is 5.37. The summed E-state index contributed by atoms with van der Waals surface area (Å²) in [6, 6.07) is 5.66. The van der Waals surface area contributed by atoms with Crippen LogP contribution in [-0.2, 0) is 13.0 Å². The number of aromatic nitrogens is 3. The van der Waals surface area contributed by atoms with Crippen LogP contribution in [0.3, 0.4) is 0 Å². The van der Waals surface area contributed by atoms with Gasteiger partial charge in [0.05, 0.1) is 5.69 Å². The van der Waals surface area contributed by atoms with Gasteiger partial charge in [0.25, 0.3) is 0 Å². The Labute approximate surface area is 99.9 Å². The number of pyridine rings is 1. The lowest BCUT2D eigenvalue weighted by Gasteiger charge is -1.98. The number of terminal acetylenes is 1. The van der Waals surface area contributed by atoms with Crippen molar-refractivity contribution in [2.24, 2.45) is 0 Å². The molecule has 4 heteroatoms. The highest BCUT2D eigenvalue weighted by molar-refractivity contribution is 5.58. The van der Waals surface area contributed by atoms with E-state index < -0.39 is 0 Å². The summed E-state index contributed by atoms with van der Waals surface area (Å²) in [5.41, 5.74) is 2.54. The predicted octanol–water partition coefficient (Wildman–Crippen LogP) is 1.11. The van der Waals surface area contributed by atoms with Crippen LogP contribution in [0.25, 0.3) is 11.4 Å². The molecule has 2 aromatic rings. The molecule has 0 atom stereocenters. The fourth-order valence-corrected chi connectivity index (χ4v) is 1.66. The Balaban J connectivity index is 2.41. The van der Waals surface area contributed by atoms with Crippen molar-refractivity contribution in [3.05, 3.63) is 36.2 Å². The lowest BCUT2D eigenvalue weighted by molar-refractivity contribution is 0.299. The van der Waals surface area contributed by atoms with Gasteiger partial charge in [-0.05, 0) is 18.6 Å². The Hall–Kier alpha value is -2.12. The van der Waals surface area contributed by atoms with Gasteiger partial charge < -0.3 is 5.11 Å². The third-order valence-electron chi connectivity index (χ3n) is 2.38. The molecule has 0 amide bonds. The molecule has 0 saturated heterocycles. The highest BCUT2D eigenvalue weighted by atomic mass is 16.2. The van der Waals surface area contributed by atoms with Gasteiger partial charge in [0.1, 0.15) is 12.2 Å². The molecule has 0 aliphatic rings. The molecule has 0 aromatic carbocycles. The summed E-state index contributed by atoms with van der Waals surface area (Å²) < 4.78 is 1.69. The lowest BCUT2D eigenvalue weighted by atomic mass is 10.1. The Morgan fingerprint density at radius 3 is 2.94 bits per heavy atom. The fourth-order valence-electron chi connectivity index (χ4n) is 1.66. The van der Waals surface area contributed by atoms with Crippen molar-refractivity contribution in [3.8, 4) is 23.7 Å². The Kier molecular flexibility index (Phi) is 3.53. The van der Waals surface area contributed by atoms with Crippen molar-refractivity contribution < 1.29 is 5.11 Å². The first kappa shape index (κ1) is 11.4. The quantitative estimate of drug-likeness (QED) is 0.796. The minimum Gasteiger partial charge on any atom is -0.396 e. The Bertz CT molecular complexity index is 525. The van der Waals surface area contributed by atoms with Gasteiger partial charge in [-0.1, -0.05) is 12.0 Å². The van der Waals surface area contributed by atoms with E-state index in [4.69, 9.17) is 11.5 Å². The van der Waals surface area contributed by atoms with Gasteiger partial charge in [0, 0.05) is 24.6 Å². The average Bonchev–Trinajstić information content (AvgIpc) is 2.74. The molecule has 2 aromatic heterocycles. The minimum atomic E-state index is 0.0849. The molecule has 17 heavy (non-hydrogen) atoms. The van der Waals surface area contributed by atoms with Crippen molar-refractivity contribution in [3.63, 3.8) is 0 Å². The third-order valence-corrected chi connectivity index (χ3v) is 2.38. The number of nitrogens with zero attached hydrogens (tertiary/aromatic N) is 3. The highest BCUT2D eigenvalue weighted by Crippen LogP contribution is 2.19. The fraction of sp³-hybridized carbons (Fsp3) is 0.231. The molecule has 0 bridgehead atoms. The van der Waals surface area contributed by atoms with Crippen molar-refractivity contribution in [1.29, 1.82) is 0 Å². The average molecular weight is 227 g/mol. The summed E-state index contributed by atoms with van der Waals surface area (Å²) in [6.07, 6.45) is 9.39. The smallest absolute Gasteiger partial charge is 0.114 e. The second-order valence-corrected chi connectivity index (χ2v) is 3.59. The number of aliphatic hydroxyl groups is 1. The van der Waals surface area contributed by atoms with Crippen molar-refractivity contribution in [2.45, 2.75) is 13.0 Å². The summed E-state index contributed by atoms with van der Waals surface area (Å²) >= 11 is 0. The van der Waals surface area contributed by atoms with Crippen LogP contribution in [0.4, 0.5) is 0 Å². The molecular weight excluding hydrogens is 214 g/mol. The van der Waals surface area contributed by atoms with E-state index >= 15 is 0 Å². The molecule has 0 fully saturated rings. The van der Waals surface area contributed by atoms with Crippen LogP contribution < -0.4 is 0 Å². The molecule has 0 radical (unpaired) electrons. The van der Waals surface area contributed by atoms with Crippen molar-refractivity contribution in [1.82, 2.24) is 14.8 Å². The molecule has 0 unspecified atom stereocenters. The van der Waals surface area contributed by atoms with Gasteiger partial charge in [-0.25, -0.2) is 0 Å². The zero-order valence-corrected chi connectivity index (χ0v) is 9.37. The summed E-state index contributed by atoms with van der Waals surface area (Å²) in [5.74, 6) is 2.54. The molecule has 0 saturated carbocycles. The summed E-state index contributed by atoms with van der Waals surface area (Å²) in [4.78, 5) is 4.26. The zero-order chi connectivity index (χ0) is 12.1. The van der Waals surface area contributed by atoms with E-state index in [0.29, 0.717) is 13.0 Å². The molecular formula is C13H13N3O. The normalized spacial score (nSPS) is 10.1. The lowest BCUT2D eigenvalue weighted by Crippen LogP contribution is -1.95. The van der Waals surface area contributed by atoms with E-state index in [1.54, 1.807) is 10.9 Å². The maximum absolute atomic E-state index is 9.03. The van der Waals surface area contributed by atoms with E-state index in [2.05, 4.69) is 16.0 Å². The Morgan fingerprint density at radius 1 is 1.41 bits per heavy atom. The third kappa shape index (κ3) is 2.52. The zero-order valence-electron chi connectivity index (χ0n) is 9.37.